The van der Waals surface area contributed by atoms with Crippen molar-refractivity contribution in [2.24, 2.45) is 0 Å². The lowest BCUT2D eigenvalue weighted by molar-refractivity contribution is -0.128. The first kappa shape index (κ1) is 14.6. The molecular weight excluding hydrogens is 258 g/mol. The molecule has 1 aromatic rings. The third-order valence-electron chi connectivity index (χ3n) is 3.62. The fraction of sp³-hybridized carbons (Fsp3) is 0.533. The topological polar surface area (TPSA) is 29.5 Å². The standard InChI is InChI=1S/C15H21NO2S/c1-3-14(17)15(19-2,13-7-5-4-6-8-13)16-9-11-18-12-10-16/h4-8H,3,9-12H2,1-2H3. The molecule has 0 radical (unpaired) electrons. The Hall–Kier alpha value is -0.840. The average Bonchev–Trinajstić information content (AvgIpc) is 2.50. The number of hydrogen-bond donors (Lipinski definition) is 0. The summed E-state index contributed by atoms with van der Waals surface area (Å²) in [4.78, 5) is 14.4. The van der Waals surface area contributed by atoms with E-state index in [9.17, 15) is 4.79 Å². The number of hydrogen-bond acceptors (Lipinski definition) is 4. The van der Waals surface area contributed by atoms with Crippen LogP contribution in [0.1, 0.15) is 18.9 Å². The molecule has 2 rings (SSSR count). The van der Waals surface area contributed by atoms with Crippen molar-refractivity contribution in [3.8, 4) is 0 Å². The number of thioether (sulfide) groups is 1. The van der Waals surface area contributed by atoms with Crippen LogP contribution in [-0.2, 0) is 14.4 Å². The Balaban J connectivity index is 2.44. The fourth-order valence-electron chi connectivity index (χ4n) is 2.66. The second-order valence-corrected chi connectivity index (χ2v) is 5.59. The smallest absolute Gasteiger partial charge is 0.167 e. The highest BCUT2D eigenvalue weighted by atomic mass is 32.2. The Bertz CT molecular complexity index is 417. The molecule has 104 valence electrons. The van der Waals surface area contributed by atoms with Gasteiger partial charge in [-0.1, -0.05) is 37.3 Å². The van der Waals surface area contributed by atoms with Crippen LogP contribution in [0.4, 0.5) is 0 Å². The SMILES string of the molecule is CCC(=O)C(SC)(c1ccccc1)N1CCOCC1. The Labute approximate surface area is 119 Å². The van der Waals surface area contributed by atoms with Crippen molar-refractivity contribution in [1.29, 1.82) is 0 Å². The van der Waals surface area contributed by atoms with E-state index in [1.807, 2.05) is 31.4 Å². The highest BCUT2D eigenvalue weighted by Crippen LogP contribution is 2.40. The van der Waals surface area contributed by atoms with Crippen LogP contribution in [0.5, 0.6) is 0 Å². The maximum atomic E-state index is 12.7. The molecule has 1 aliphatic rings. The van der Waals surface area contributed by atoms with Crippen molar-refractivity contribution < 1.29 is 9.53 Å². The van der Waals surface area contributed by atoms with Gasteiger partial charge in [0.25, 0.3) is 0 Å². The summed E-state index contributed by atoms with van der Waals surface area (Å²) < 4.78 is 5.43. The van der Waals surface area contributed by atoms with Gasteiger partial charge < -0.3 is 4.74 Å². The lowest BCUT2D eigenvalue weighted by atomic mass is 9.98. The van der Waals surface area contributed by atoms with Gasteiger partial charge in [-0.15, -0.1) is 11.8 Å². The van der Waals surface area contributed by atoms with Crippen molar-refractivity contribution in [2.45, 2.75) is 18.2 Å². The summed E-state index contributed by atoms with van der Waals surface area (Å²) in [6, 6.07) is 10.1. The zero-order valence-electron chi connectivity index (χ0n) is 11.6. The van der Waals surface area contributed by atoms with Gasteiger partial charge in [-0.05, 0) is 11.8 Å². The monoisotopic (exact) mass is 279 g/mol. The average molecular weight is 279 g/mol. The Morgan fingerprint density at radius 1 is 1.32 bits per heavy atom. The van der Waals surface area contributed by atoms with Gasteiger partial charge in [0.15, 0.2) is 10.7 Å². The van der Waals surface area contributed by atoms with Crippen LogP contribution in [0, 0.1) is 0 Å². The van der Waals surface area contributed by atoms with Crippen molar-refractivity contribution in [3.05, 3.63) is 35.9 Å². The summed E-state index contributed by atoms with van der Waals surface area (Å²) in [6.45, 7) is 4.96. The van der Waals surface area contributed by atoms with Crippen LogP contribution in [-0.4, -0.2) is 43.2 Å². The van der Waals surface area contributed by atoms with E-state index in [2.05, 4.69) is 17.0 Å². The molecule has 0 aromatic heterocycles. The van der Waals surface area contributed by atoms with Gasteiger partial charge >= 0.3 is 0 Å². The minimum absolute atomic E-state index is 0.271. The normalized spacial score (nSPS) is 19.9. The molecular formula is C15H21NO2S. The third kappa shape index (κ3) is 2.71. The van der Waals surface area contributed by atoms with Crippen LogP contribution in [0.3, 0.4) is 0 Å². The molecule has 1 saturated heterocycles. The molecule has 1 fully saturated rings. The van der Waals surface area contributed by atoms with Crippen molar-refractivity contribution in [1.82, 2.24) is 4.90 Å². The molecule has 0 amide bonds. The summed E-state index contributed by atoms with van der Waals surface area (Å²) >= 11 is 1.63. The zero-order valence-corrected chi connectivity index (χ0v) is 12.4. The Morgan fingerprint density at radius 3 is 2.47 bits per heavy atom. The summed E-state index contributed by atoms with van der Waals surface area (Å²) in [5, 5.41) is 0. The lowest BCUT2D eigenvalue weighted by Crippen LogP contribution is -2.53. The molecule has 0 N–H and O–H groups in total. The predicted molar refractivity (Wildman–Crippen MR) is 79.3 cm³/mol. The molecule has 1 aliphatic heterocycles. The first-order chi connectivity index (χ1) is 9.25. The lowest BCUT2D eigenvalue weighted by Gasteiger charge is -2.43. The number of carbonyl (C=O) groups is 1. The highest BCUT2D eigenvalue weighted by Gasteiger charge is 2.44. The fourth-order valence-corrected chi connectivity index (χ4v) is 3.85. The number of morpholine rings is 1. The summed E-state index contributed by atoms with van der Waals surface area (Å²) in [7, 11) is 0. The van der Waals surface area contributed by atoms with Gasteiger partial charge in [-0.2, -0.15) is 0 Å². The first-order valence-corrected chi connectivity index (χ1v) is 7.95. The molecule has 3 nitrogen and oxygen atoms in total. The van der Waals surface area contributed by atoms with E-state index in [0.29, 0.717) is 19.6 Å². The van der Waals surface area contributed by atoms with Crippen LogP contribution < -0.4 is 0 Å². The summed E-state index contributed by atoms with van der Waals surface area (Å²) in [5.74, 6) is 0.271. The molecule has 1 aromatic carbocycles. The second-order valence-electron chi connectivity index (χ2n) is 4.59. The molecule has 1 atom stereocenters. The number of Topliss-reactive ketones (excluding diaryl/α,β-unsaturated/α-hetero) is 1. The first-order valence-electron chi connectivity index (χ1n) is 6.72. The van der Waals surface area contributed by atoms with Gasteiger partial charge in [0.1, 0.15) is 0 Å². The number of benzene rings is 1. The van der Waals surface area contributed by atoms with E-state index in [1.165, 1.54) is 0 Å². The summed E-state index contributed by atoms with van der Waals surface area (Å²) in [5.41, 5.74) is 1.08. The number of nitrogens with zero attached hydrogens (tertiary/aromatic N) is 1. The van der Waals surface area contributed by atoms with E-state index in [0.717, 1.165) is 18.7 Å². The largest absolute Gasteiger partial charge is 0.379 e. The molecule has 0 aliphatic carbocycles. The van der Waals surface area contributed by atoms with Crippen LogP contribution in [0.2, 0.25) is 0 Å². The highest BCUT2D eigenvalue weighted by molar-refractivity contribution is 8.00. The molecule has 0 spiro atoms. The van der Waals surface area contributed by atoms with Crippen molar-refractivity contribution >= 4 is 17.5 Å². The van der Waals surface area contributed by atoms with Crippen LogP contribution in [0.25, 0.3) is 0 Å². The Morgan fingerprint density at radius 2 is 1.95 bits per heavy atom. The quantitative estimate of drug-likeness (QED) is 0.828. The van der Waals surface area contributed by atoms with Gasteiger partial charge in [0.05, 0.1) is 13.2 Å². The maximum Gasteiger partial charge on any atom is 0.167 e. The van der Waals surface area contributed by atoms with E-state index in [4.69, 9.17) is 4.74 Å². The minimum atomic E-state index is -0.556. The molecule has 1 unspecified atom stereocenters. The maximum absolute atomic E-state index is 12.7. The molecule has 19 heavy (non-hydrogen) atoms. The van der Waals surface area contributed by atoms with Gasteiger partial charge in [0, 0.05) is 19.5 Å². The number of ketones is 1. The zero-order chi connectivity index (χ0) is 13.7. The third-order valence-corrected chi connectivity index (χ3v) is 4.93. The van der Waals surface area contributed by atoms with Gasteiger partial charge in [-0.25, -0.2) is 0 Å². The van der Waals surface area contributed by atoms with E-state index in [-0.39, 0.29) is 5.78 Å². The Kier molecular flexibility index (Phi) is 5.02. The van der Waals surface area contributed by atoms with E-state index < -0.39 is 4.87 Å². The molecule has 0 bridgehead atoms. The molecule has 4 heteroatoms. The van der Waals surface area contributed by atoms with Gasteiger partial charge in [-0.3, -0.25) is 9.69 Å². The second kappa shape index (κ2) is 6.55. The van der Waals surface area contributed by atoms with Crippen LogP contribution >= 0.6 is 11.8 Å². The summed E-state index contributed by atoms with van der Waals surface area (Å²) in [6.07, 6.45) is 2.57. The van der Waals surface area contributed by atoms with Crippen molar-refractivity contribution in [2.75, 3.05) is 32.6 Å². The van der Waals surface area contributed by atoms with Crippen molar-refractivity contribution in [3.63, 3.8) is 0 Å². The molecule has 1 heterocycles. The van der Waals surface area contributed by atoms with Gasteiger partial charge in [0.2, 0.25) is 0 Å². The van der Waals surface area contributed by atoms with Crippen LogP contribution in [0.15, 0.2) is 30.3 Å². The molecule has 0 saturated carbocycles. The number of carbonyl (C=O) groups excluding carboxylic acids is 1. The predicted octanol–water partition coefficient (Wildman–Crippen LogP) is 2.51. The minimum Gasteiger partial charge on any atom is -0.379 e. The van der Waals surface area contributed by atoms with E-state index in [1.54, 1.807) is 11.8 Å². The number of ether oxygens (including phenoxy) is 1. The van der Waals surface area contributed by atoms with E-state index >= 15 is 0 Å². The number of rotatable bonds is 5.